The van der Waals surface area contributed by atoms with Crippen molar-refractivity contribution >= 4 is 11.6 Å². The van der Waals surface area contributed by atoms with Crippen molar-refractivity contribution < 1.29 is 0 Å². The lowest BCUT2D eigenvalue weighted by Gasteiger charge is -2.27. The van der Waals surface area contributed by atoms with Gasteiger partial charge in [-0.3, -0.25) is 14.8 Å². The van der Waals surface area contributed by atoms with Crippen molar-refractivity contribution in [1.29, 1.82) is 0 Å². The second-order valence-corrected chi connectivity index (χ2v) is 6.22. The second-order valence-electron chi connectivity index (χ2n) is 5.81. The molecule has 110 valence electrons. The lowest BCUT2D eigenvalue weighted by Crippen LogP contribution is -2.35. The van der Waals surface area contributed by atoms with E-state index < -0.39 is 0 Å². The van der Waals surface area contributed by atoms with Gasteiger partial charge in [-0.25, -0.2) is 4.98 Å². The summed E-state index contributed by atoms with van der Waals surface area (Å²) in [5.41, 5.74) is 2.66. The molecule has 0 unspecified atom stereocenters. The summed E-state index contributed by atoms with van der Waals surface area (Å²) in [5, 5.41) is 7.46. The molecule has 0 saturated heterocycles. The van der Waals surface area contributed by atoms with E-state index in [0.29, 0.717) is 24.0 Å². The van der Waals surface area contributed by atoms with Crippen LogP contribution < -0.4 is 5.56 Å². The van der Waals surface area contributed by atoms with Gasteiger partial charge in [0.25, 0.3) is 5.56 Å². The molecule has 2 aromatic heterocycles. The summed E-state index contributed by atoms with van der Waals surface area (Å²) in [6.45, 7) is 2.16. The first kappa shape index (κ1) is 13.0. The number of fused-ring (bicyclic) bond motifs is 1. The Morgan fingerprint density at radius 1 is 1.43 bits per heavy atom. The highest BCUT2D eigenvalue weighted by atomic mass is 35.5. The fraction of sp³-hybridized carbons (Fsp3) is 0.500. The summed E-state index contributed by atoms with van der Waals surface area (Å²) < 4.78 is 0. The van der Waals surface area contributed by atoms with Crippen molar-refractivity contribution in [2.45, 2.75) is 38.3 Å². The van der Waals surface area contributed by atoms with Gasteiger partial charge in [0.15, 0.2) is 0 Å². The van der Waals surface area contributed by atoms with Crippen LogP contribution in [0.2, 0.25) is 5.02 Å². The lowest BCUT2D eigenvalue weighted by molar-refractivity contribution is 0.238. The predicted molar refractivity (Wildman–Crippen MR) is 78.2 cm³/mol. The van der Waals surface area contributed by atoms with Gasteiger partial charge in [-0.05, 0) is 12.8 Å². The summed E-state index contributed by atoms with van der Waals surface area (Å²) in [4.78, 5) is 22.1. The molecule has 0 spiro atoms. The van der Waals surface area contributed by atoms with E-state index in [0.717, 1.165) is 48.6 Å². The highest BCUT2D eigenvalue weighted by Crippen LogP contribution is 2.37. The van der Waals surface area contributed by atoms with Crippen molar-refractivity contribution in [3.63, 3.8) is 0 Å². The number of aromatic nitrogens is 4. The average molecular weight is 306 g/mol. The van der Waals surface area contributed by atoms with Crippen LogP contribution in [0.4, 0.5) is 0 Å². The number of hydrogen-bond donors (Lipinski definition) is 2. The van der Waals surface area contributed by atoms with Crippen LogP contribution in [-0.2, 0) is 19.5 Å². The molecule has 2 aromatic rings. The number of halogens is 1. The standard InChI is InChI=1S/C14H16ClN5O/c15-10-5-16-19-12(10)7-20-4-3-11-9(6-20)14(21)18-13(17-11)8-1-2-8/h5,8H,1-4,6-7H2,(H,16,19)(H,17,18,21). The Morgan fingerprint density at radius 2 is 2.29 bits per heavy atom. The van der Waals surface area contributed by atoms with E-state index in [1.54, 1.807) is 6.20 Å². The predicted octanol–water partition coefficient (Wildman–Crippen LogP) is 1.58. The number of aromatic amines is 2. The Kier molecular flexibility index (Phi) is 3.08. The molecule has 0 atom stereocenters. The molecule has 1 saturated carbocycles. The van der Waals surface area contributed by atoms with E-state index in [9.17, 15) is 4.79 Å². The third kappa shape index (κ3) is 2.49. The first-order valence-electron chi connectivity index (χ1n) is 7.23. The summed E-state index contributed by atoms with van der Waals surface area (Å²) in [7, 11) is 0. The van der Waals surface area contributed by atoms with Crippen molar-refractivity contribution in [3.8, 4) is 0 Å². The molecule has 0 radical (unpaired) electrons. The third-order valence-corrected chi connectivity index (χ3v) is 4.50. The number of H-pyrrole nitrogens is 2. The maximum Gasteiger partial charge on any atom is 0.255 e. The van der Waals surface area contributed by atoms with Gasteiger partial charge in [-0.15, -0.1) is 0 Å². The van der Waals surface area contributed by atoms with E-state index in [4.69, 9.17) is 11.6 Å². The average Bonchev–Trinajstić information content (AvgIpc) is 3.25. The van der Waals surface area contributed by atoms with E-state index in [2.05, 4.69) is 25.1 Å². The Morgan fingerprint density at radius 3 is 3.00 bits per heavy atom. The minimum atomic E-state index is 0.0160. The quantitative estimate of drug-likeness (QED) is 0.902. The van der Waals surface area contributed by atoms with Gasteiger partial charge in [-0.1, -0.05) is 11.6 Å². The summed E-state index contributed by atoms with van der Waals surface area (Å²) in [6.07, 6.45) is 4.70. The van der Waals surface area contributed by atoms with Gasteiger partial charge in [0.05, 0.1) is 28.2 Å². The van der Waals surface area contributed by atoms with Crippen LogP contribution in [0.3, 0.4) is 0 Å². The highest BCUT2D eigenvalue weighted by molar-refractivity contribution is 6.31. The van der Waals surface area contributed by atoms with E-state index in [1.165, 1.54) is 0 Å². The molecular weight excluding hydrogens is 290 g/mol. The van der Waals surface area contributed by atoms with Gasteiger partial charge >= 0.3 is 0 Å². The van der Waals surface area contributed by atoms with Crippen molar-refractivity contribution in [1.82, 2.24) is 25.1 Å². The van der Waals surface area contributed by atoms with E-state index in [-0.39, 0.29) is 5.56 Å². The van der Waals surface area contributed by atoms with Gasteiger partial charge in [0.2, 0.25) is 0 Å². The monoisotopic (exact) mass is 305 g/mol. The Balaban J connectivity index is 1.57. The van der Waals surface area contributed by atoms with Crippen LogP contribution in [0.25, 0.3) is 0 Å². The van der Waals surface area contributed by atoms with Gasteiger partial charge in [-0.2, -0.15) is 5.10 Å². The molecule has 21 heavy (non-hydrogen) atoms. The Bertz CT molecular complexity index is 733. The molecule has 1 aliphatic carbocycles. The maximum atomic E-state index is 12.3. The Hall–Kier alpha value is -1.66. The number of rotatable bonds is 3. The molecule has 0 amide bonds. The van der Waals surface area contributed by atoms with Gasteiger partial charge in [0, 0.05) is 32.0 Å². The molecule has 3 heterocycles. The van der Waals surface area contributed by atoms with Crippen molar-refractivity contribution in [2.75, 3.05) is 6.54 Å². The van der Waals surface area contributed by atoms with E-state index in [1.807, 2.05) is 0 Å². The number of nitrogens with zero attached hydrogens (tertiary/aromatic N) is 3. The van der Waals surface area contributed by atoms with Crippen LogP contribution in [0.5, 0.6) is 0 Å². The molecule has 6 nitrogen and oxygen atoms in total. The van der Waals surface area contributed by atoms with Crippen LogP contribution in [0.1, 0.15) is 41.5 Å². The second kappa shape index (κ2) is 4.96. The molecule has 4 rings (SSSR count). The van der Waals surface area contributed by atoms with Crippen molar-refractivity contribution in [2.24, 2.45) is 0 Å². The first-order valence-corrected chi connectivity index (χ1v) is 7.60. The lowest BCUT2D eigenvalue weighted by atomic mass is 10.1. The third-order valence-electron chi connectivity index (χ3n) is 4.18. The normalized spacial score (nSPS) is 18.7. The molecule has 2 N–H and O–H groups in total. The minimum absolute atomic E-state index is 0.0160. The molecular formula is C14H16ClN5O. The molecule has 2 aliphatic rings. The van der Waals surface area contributed by atoms with Crippen LogP contribution in [0.15, 0.2) is 11.0 Å². The fourth-order valence-electron chi connectivity index (χ4n) is 2.82. The molecule has 1 aliphatic heterocycles. The fourth-order valence-corrected chi connectivity index (χ4v) is 2.97. The topological polar surface area (TPSA) is 77.7 Å². The van der Waals surface area contributed by atoms with Crippen LogP contribution in [-0.4, -0.2) is 31.6 Å². The van der Waals surface area contributed by atoms with Gasteiger partial charge < -0.3 is 4.98 Å². The molecule has 7 heteroatoms. The van der Waals surface area contributed by atoms with E-state index >= 15 is 0 Å². The summed E-state index contributed by atoms with van der Waals surface area (Å²) in [5.74, 6) is 1.36. The number of nitrogens with one attached hydrogen (secondary N) is 2. The zero-order valence-corrected chi connectivity index (χ0v) is 12.3. The zero-order valence-electron chi connectivity index (χ0n) is 11.5. The van der Waals surface area contributed by atoms with Crippen LogP contribution >= 0.6 is 11.6 Å². The Labute approximate surface area is 126 Å². The zero-order chi connectivity index (χ0) is 14.4. The van der Waals surface area contributed by atoms with Crippen LogP contribution in [0, 0.1) is 0 Å². The highest BCUT2D eigenvalue weighted by Gasteiger charge is 2.29. The van der Waals surface area contributed by atoms with Crippen molar-refractivity contribution in [3.05, 3.63) is 44.3 Å². The molecule has 1 fully saturated rings. The molecule has 0 bridgehead atoms. The maximum absolute atomic E-state index is 12.3. The summed E-state index contributed by atoms with van der Waals surface area (Å²) >= 11 is 6.05. The molecule has 0 aromatic carbocycles. The SMILES string of the molecule is O=c1[nH]c(C2CC2)nc2c1CN(Cc1[nH]ncc1Cl)CC2. The summed E-state index contributed by atoms with van der Waals surface area (Å²) in [6, 6.07) is 0. The number of hydrogen-bond acceptors (Lipinski definition) is 4. The smallest absolute Gasteiger partial charge is 0.255 e. The minimum Gasteiger partial charge on any atom is -0.310 e. The van der Waals surface area contributed by atoms with Gasteiger partial charge in [0.1, 0.15) is 5.82 Å². The largest absolute Gasteiger partial charge is 0.310 e. The first-order chi connectivity index (χ1) is 10.2.